The highest BCUT2D eigenvalue weighted by atomic mass is 35.5. The van der Waals surface area contributed by atoms with E-state index < -0.39 is 0 Å². The summed E-state index contributed by atoms with van der Waals surface area (Å²) in [5.74, 6) is 0.922. The Bertz CT molecular complexity index is 1040. The van der Waals surface area contributed by atoms with Crippen molar-refractivity contribution in [3.8, 4) is 11.6 Å². The molecule has 0 bridgehead atoms. The van der Waals surface area contributed by atoms with Crippen molar-refractivity contribution >= 4 is 29.0 Å². The molecule has 2 aromatic heterocycles. The van der Waals surface area contributed by atoms with Gasteiger partial charge >= 0.3 is 0 Å². The van der Waals surface area contributed by atoms with E-state index in [0.717, 1.165) is 5.56 Å². The molecule has 9 heteroatoms. The molecule has 1 aliphatic rings. The van der Waals surface area contributed by atoms with Gasteiger partial charge in [-0.25, -0.2) is 15.4 Å². The maximum absolute atomic E-state index is 6.13. The van der Waals surface area contributed by atoms with Gasteiger partial charge in [0.25, 0.3) is 0 Å². The molecule has 3 aromatic rings. The minimum absolute atomic E-state index is 0.170. The second kappa shape index (κ2) is 7.79. The van der Waals surface area contributed by atoms with Crippen LogP contribution in [0.5, 0.6) is 5.88 Å². The molecule has 0 saturated heterocycles. The van der Waals surface area contributed by atoms with Crippen molar-refractivity contribution in [2.75, 3.05) is 7.11 Å². The molecule has 7 nitrogen and oxygen atoms in total. The number of halogens is 2. The van der Waals surface area contributed by atoms with Crippen LogP contribution in [0.4, 0.5) is 0 Å². The standard InChI is InChI=1S/C19H17Cl2N5O2/c1-11-17(12-4-3-5-13(20)8-12)24-18(25-28-11)14-6-7-15(19(23-14)27-2)26-9-16(21)22-10-26/h3-11,17H,1-2H3,(H,24,25)/t11-,17-/m0/s1. The van der Waals surface area contributed by atoms with Crippen molar-refractivity contribution in [3.05, 3.63) is 70.4 Å². The average molecular weight is 418 g/mol. The minimum atomic E-state index is -0.213. The number of benzene rings is 1. The quantitative estimate of drug-likeness (QED) is 0.694. The Labute approximate surface area is 171 Å². The molecule has 1 aromatic carbocycles. The number of ether oxygens (including phenoxy) is 1. The van der Waals surface area contributed by atoms with E-state index in [1.54, 1.807) is 24.2 Å². The molecular formula is C19H17Cl2N5O2. The molecule has 0 saturated carbocycles. The molecule has 0 amide bonds. The first kappa shape index (κ1) is 18.7. The third-order valence-corrected chi connectivity index (χ3v) is 4.78. The molecule has 1 aliphatic heterocycles. The Morgan fingerprint density at radius 3 is 2.79 bits per heavy atom. The Morgan fingerprint density at radius 2 is 2.07 bits per heavy atom. The molecular weight excluding hydrogens is 401 g/mol. The number of aromatic nitrogens is 3. The fraction of sp³-hybridized carbons (Fsp3) is 0.211. The summed E-state index contributed by atoms with van der Waals surface area (Å²) in [6.45, 7) is 1.94. The van der Waals surface area contributed by atoms with E-state index in [4.69, 9.17) is 37.8 Å². The Balaban J connectivity index is 1.70. The molecule has 0 fully saturated rings. The first-order valence-corrected chi connectivity index (χ1v) is 9.31. The van der Waals surface area contributed by atoms with Crippen LogP contribution in [0.1, 0.15) is 24.2 Å². The first-order valence-electron chi connectivity index (χ1n) is 8.55. The monoisotopic (exact) mass is 417 g/mol. The van der Waals surface area contributed by atoms with Crippen LogP contribution < -0.4 is 10.2 Å². The normalized spacial score (nSPS) is 19.1. The van der Waals surface area contributed by atoms with Gasteiger partial charge in [0.05, 0.1) is 7.11 Å². The molecule has 4 rings (SSSR count). The smallest absolute Gasteiger partial charge is 0.238 e. The fourth-order valence-electron chi connectivity index (χ4n) is 2.98. The highest BCUT2D eigenvalue weighted by Crippen LogP contribution is 2.29. The van der Waals surface area contributed by atoms with Crippen LogP contribution in [0.15, 0.2) is 53.9 Å². The number of hydroxylamine groups is 1. The van der Waals surface area contributed by atoms with Crippen molar-refractivity contribution in [1.82, 2.24) is 20.0 Å². The van der Waals surface area contributed by atoms with E-state index in [1.165, 1.54) is 0 Å². The van der Waals surface area contributed by atoms with Crippen molar-refractivity contribution in [2.45, 2.75) is 19.1 Å². The predicted octanol–water partition coefficient (Wildman–Crippen LogP) is 3.99. The lowest BCUT2D eigenvalue weighted by molar-refractivity contribution is -0.00478. The Kier molecular flexibility index (Phi) is 5.21. The van der Waals surface area contributed by atoms with Gasteiger partial charge < -0.3 is 4.74 Å². The van der Waals surface area contributed by atoms with Crippen LogP contribution in [0.3, 0.4) is 0 Å². The topological polar surface area (TPSA) is 73.6 Å². The molecule has 0 unspecified atom stereocenters. The summed E-state index contributed by atoms with van der Waals surface area (Å²) in [6.07, 6.45) is 3.10. The number of amidine groups is 1. The van der Waals surface area contributed by atoms with E-state index in [9.17, 15) is 0 Å². The highest BCUT2D eigenvalue weighted by Gasteiger charge is 2.27. The number of nitrogens with one attached hydrogen (secondary N) is 1. The van der Waals surface area contributed by atoms with Gasteiger partial charge in [-0.1, -0.05) is 35.3 Å². The van der Waals surface area contributed by atoms with Gasteiger partial charge in [0.15, 0.2) is 5.84 Å². The molecule has 3 heterocycles. The second-order valence-electron chi connectivity index (χ2n) is 6.23. The number of hydrogen-bond donors (Lipinski definition) is 1. The van der Waals surface area contributed by atoms with Gasteiger partial charge in [-0.2, -0.15) is 0 Å². The lowest BCUT2D eigenvalue weighted by atomic mass is 10.0. The number of rotatable bonds is 4. The lowest BCUT2D eigenvalue weighted by Gasteiger charge is -2.28. The van der Waals surface area contributed by atoms with Gasteiger partial charge in [0.1, 0.15) is 35.0 Å². The van der Waals surface area contributed by atoms with Crippen LogP contribution in [-0.2, 0) is 4.84 Å². The number of aliphatic imine (C=N–C) groups is 1. The van der Waals surface area contributed by atoms with E-state index in [2.05, 4.69) is 15.4 Å². The maximum atomic E-state index is 6.13. The van der Waals surface area contributed by atoms with E-state index >= 15 is 0 Å². The summed E-state index contributed by atoms with van der Waals surface area (Å²) < 4.78 is 7.18. The lowest BCUT2D eigenvalue weighted by Crippen LogP contribution is -2.38. The third kappa shape index (κ3) is 3.69. The summed E-state index contributed by atoms with van der Waals surface area (Å²) in [6, 6.07) is 11.1. The largest absolute Gasteiger partial charge is 0.479 e. The summed E-state index contributed by atoms with van der Waals surface area (Å²) in [4.78, 5) is 19.1. The zero-order valence-corrected chi connectivity index (χ0v) is 16.6. The zero-order valence-electron chi connectivity index (χ0n) is 15.1. The van der Waals surface area contributed by atoms with Gasteiger partial charge in [0.2, 0.25) is 5.88 Å². The number of nitrogens with zero attached hydrogens (tertiary/aromatic N) is 4. The third-order valence-electron chi connectivity index (χ3n) is 4.35. The van der Waals surface area contributed by atoms with Crippen LogP contribution in [0, 0.1) is 0 Å². The maximum Gasteiger partial charge on any atom is 0.238 e. The Hall–Kier alpha value is -2.61. The van der Waals surface area contributed by atoms with Crippen molar-refractivity contribution < 1.29 is 9.57 Å². The molecule has 1 N–H and O–H groups in total. The van der Waals surface area contributed by atoms with Crippen LogP contribution in [0.25, 0.3) is 5.69 Å². The molecule has 2 atom stereocenters. The summed E-state index contributed by atoms with van der Waals surface area (Å²) in [5.41, 5.74) is 5.14. The molecule has 28 heavy (non-hydrogen) atoms. The van der Waals surface area contributed by atoms with E-state index in [-0.39, 0.29) is 12.1 Å². The van der Waals surface area contributed by atoms with Gasteiger partial charge in [-0.15, -0.1) is 0 Å². The highest BCUT2D eigenvalue weighted by molar-refractivity contribution is 6.30. The summed E-state index contributed by atoms with van der Waals surface area (Å²) in [7, 11) is 1.55. The fourth-order valence-corrected chi connectivity index (χ4v) is 3.33. The van der Waals surface area contributed by atoms with Crippen molar-refractivity contribution in [1.29, 1.82) is 0 Å². The number of pyridine rings is 1. The van der Waals surface area contributed by atoms with E-state index in [0.29, 0.717) is 33.3 Å². The van der Waals surface area contributed by atoms with Crippen LogP contribution in [-0.4, -0.2) is 33.6 Å². The van der Waals surface area contributed by atoms with E-state index in [1.807, 2.05) is 43.3 Å². The molecule has 0 radical (unpaired) electrons. The van der Waals surface area contributed by atoms with Gasteiger partial charge in [0, 0.05) is 11.2 Å². The zero-order chi connectivity index (χ0) is 19.7. The number of imidazole rings is 1. The Morgan fingerprint density at radius 1 is 1.21 bits per heavy atom. The SMILES string of the molecule is COc1nc(C2=N[C@H](c3cccc(Cl)c3)[C@H](C)ON2)ccc1-n1cnc(Cl)c1. The number of hydrogen-bond acceptors (Lipinski definition) is 6. The van der Waals surface area contributed by atoms with Gasteiger partial charge in [-0.3, -0.25) is 14.4 Å². The average Bonchev–Trinajstić information content (AvgIpc) is 3.14. The summed E-state index contributed by atoms with van der Waals surface area (Å²) in [5, 5.41) is 1.04. The van der Waals surface area contributed by atoms with Crippen molar-refractivity contribution in [3.63, 3.8) is 0 Å². The van der Waals surface area contributed by atoms with Gasteiger partial charge in [-0.05, 0) is 36.8 Å². The van der Waals surface area contributed by atoms with Crippen LogP contribution in [0.2, 0.25) is 10.2 Å². The molecule has 0 spiro atoms. The number of methoxy groups -OCH3 is 1. The predicted molar refractivity (Wildman–Crippen MR) is 107 cm³/mol. The summed E-state index contributed by atoms with van der Waals surface area (Å²) >= 11 is 12.0. The van der Waals surface area contributed by atoms with Crippen molar-refractivity contribution in [2.24, 2.45) is 4.99 Å². The molecule has 144 valence electrons. The van der Waals surface area contributed by atoms with Crippen LogP contribution >= 0.6 is 23.2 Å². The second-order valence-corrected chi connectivity index (χ2v) is 7.05. The molecule has 0 aliphatic carbocycles. The first-order chi connectivity index (χ1) is 13.5. The minimum Gasteiger partial charge on any atom is -0.479 e.